The number of hydrogen-bond donors (Lipinski definition) is 2. The number of benzene rings is 1. The molecule has 3 aromatic rings. The summed E-state index contributed by atoms with van der Waals surface area (Å²) in [4.78, 5) is 21.7. The van der Waals surface area contributed by atoms with Crippen LogP contribution in [-0.4, -0.2) is 59.5 Å². The fraction of sp³-hybridized carbons (Fsp3) is 0.400. The SMILES string of the molecule is COc1cccc(OC)c1C(=O)NCCn1nc(C2CCNC2)c2nccnc21. The highest BCUT2D eigenvalue weighted by molar-refractivity contribution is 5.99. The number of carbonyl (C=O) groups is 1. The molecule has 1 aliphatic rings. The summed E-state index contributed by atoms with van der Waals surface area (Å²) in [7, 11) is 3.05. The third kappa shape index (κ3) is 3.73. The average Bonchev–Trinajstić information content (AvgIpc) is 3.41. The molecule has 0 bridgehead atoms. The van der Waals surface area contributed by atoms with Gasteiger partial charge in [-0.2, -0.15) is 5.10 Å². The summed E-state index contributed by atoms with van der Waals surface area (Å²) < 4.78 is 12.4. The summed E-state index contributed by atoms with van der Waals surface area (Å²) in [6, 6.07) is 5.24. The summed E-state index contributed by atoms with van der Waals surface area (Å²) in [6.45, 7) is 2.75. The Kier molecular flexibility index (Phi) is 5.57. The van der Waals surface area contributed by atoms with E-state index in [0.717, 1.165) is 36.4 Å². The number of methoxy groups -OCH3 is 2. The zero-order valence-corrected chi connectivity index (χ0v) is 16.5. The lowest BCUT2D eigenvalue weighted by atomic mass is 10.0. The number of aromatic nitrogens is 4. The van der Waals surface area contributed by atoms with Crippen LogP contribution < -0.4 is 20.1 Å². The van der Waals surface area contributed by atoms with Gasteiger partial charge >= 0.3 is 0 Å². The molecular weight excluding hydrogens is 372 g/mol. The zero-order valence-electron chi connectivity index (χ0n) is 16.5. The lowest BCUT2D eigenvalue weighted by Gasteiger charge is -2.13. The van der Waals surface area contributed by atoms with Gasteiger partial charge in [0.15, 0.2) is 5.65 Å². The van der Waals surface area contributed by atoms with E-state index in [1.807, 2.05) is 4.68 Å². The Labute approximate surface area is 168 Å². The van der Waals surface area contributed by atoms with Gasteiger partial charge in [0.2, 0.25) is 0 Å². The minimum Gasteiger partial charge on any atom is -0.496 e. The molecule has 0 aliphatic carbocycles. The van der Waals surface area contributed by atoms with Crippen LogP contribution >= 0.6 is 0 Å². The topological polar surface area (TPSA) is 103 Å². The van der Waals surface area contributed by atoms with Crippen LogP contribution in [0.3, 0.4) is 0 Å². The van der Waals surface area contributed by atoms with Gasteiger partial charge in [0.1, 0.15) is 22.6 Å². The maximum atomic E-state index is 12.7. The summed E-state index contributed by atoms with van der Waals surface area (Å²) in [6.07, 6.45) is 4.39. The van der Waals surface area contributed by atoms with Crippen molar-refractivity contribution in [3.8, 4) is 11.5 Å². The maximum Gasteiger partial charge on any atom is 0.258 e. The first-order chi connectivity index (χ1) is 14.2. The van der Waals surface area contributed by atoms with Gasteiger partial charge in [-0.25, -0.2) is 14.6 Å². The quantitative estimate of drug-likeness (QED) is 0.621. The largest absolute Gasteiger partial charge is 0.496 e. The molecule has 0 radical (unpaired) electrons. The maximum absolute atomic E-state index is 12.7. The van der Waals surface area contributed by atoms with E-state index in [1.165, 1.54) is 14.2 Å². The predicted molar refractivity (Wildman–Crippen MR) is 107 cm³/mol. The molecule has 29 heavy (non-hydrogen) atoms. The zero-order chi connectivity index (χ0) is 20.2. The lowest BCUT2D eigenvalue weighted by Crippen LogP contribution is -2.28. The Morgan fingerprint density at radius 2 is 2.00 bits per heavy atom. The average molecular weight is 396 g/mol. The normalized spacial score (nSPS) is 16.1. The molecule has 2 aromatic heterocycles. The van der Waals surface area contributed by atoms with Crippen molar-refractivity contribution < 1.29 is 14.3 Å². The van der Waals surface area contributed by atoms with Crippen molar-refractivity contribution in [2.45, 2.75) is 18.9 Å². The van der Waals surface area contributed by atoms with Crippen LogP contribution in [0.15, 0.2) is 30.6 Å². The van der Waals surface area contributed by atoms with E-state index in [2.05, 4.69) is 20.6 Å². The molecule has 1 unspecified atom stereocenters. The molecule has 1 saturated heterocycles. The van der Waals surface area contributed by atoms with Crippen molar-refractivity contribution in [1.82, 2.24) is 30.4 Å². The van der Waals surface area contributed by atoms with Crippen molar-refractivity contribution in [1.29, 1.82) is 0 Å². The molecule has 9 nitrogen and oxygen atoms in total. The highest BCUT2D eigenvalue weighted by atomic mass is 16.5. The summed E-state index contributed by atoms with van der Waals surface area (Å²) in [5.41, 5.74) is 2.91. The van der Waals surface area contributed by atoms with Crippen LogP contribution in [0.25, 0.3) is 11.2 Å². The highest BCUT2D eigenvalue weighted by Crippen LogP contribution is 2.28. The van der Waals surface area contributed by atoms with Gasteiger partial charge in [-0.3, -0.25) is 4.79 Å². The van der Waals surface area contributed by atoms with E-state index in [1.54, 1.807) is 30.6 Å². The van der Waals surface area contributed by atoms with Crippen LogP contribution in [0.2, 0.25) is 0 Å². The van der Waals surface area contributed by atoms with Crippen molar-refractivity contribution in [2.75, 3.05) is 33.9 Å². The molecule has 1 aliphatic heterocycles. The predicted octanol–water partition coefficient (Wildman–Crippen LogP) is 1.35. The van der Waals surface area contributed by atoms with Gasteiger partial charge in [-0.15, -0.1) is 0 Å². The van der Waals surface area contributed by atoms with Gasteiger partial charge < -0.3 is 20.1 Å². The Morgan fingerprint density at radius 1 is 1.24 bits per heavy atom. The van der Waals surface area contributed by atoms with E-state index >= 15 is 0 Å². The summed E-state index contributed by atoms with van der Waals surface area (Å²) in [5, 5.41) is 11.0. The molecule has 2 N–H and O–H groups in total. The Morgan fingerprint density at radius 3 is 2.69 bits per heavy atom. The molecule has 1 aromatic carbocycles. The third-order valence-corrected chi connectivity index (χ3v) is 5.11. The number of nitrogens with one attached hydrogen (secondary N) is 2. The molecule has 0 saturated carbocycles. The van der Waals surface area contributed by atoms with Crippen LogP contribution in [-0.2, 0) is 6.54 Å². The molecule has 3 heterocycles. The van der Waals surface area contributed by atoms with Crippen LogP contribution in [0.4, 0.5) is 0 Å². The van der Waals surface area contributed by atoms with Gasteiger partial charge in [-0.1, -0.05) is 6.07 Å². The molecule has 4 rings (SSSR count). The first kappa shape index (κ1) is 19.1. The molecule has 0 spiro atoms. The van der Waals surface area contributed by atoms with Crippen molar-refractivity contribution in [3.63, 3.8) is 0 Å². The summed E-state index contributed by atoms with van der Waals surface area (Å²) >= 11 is 0. The highest BCUT2D eigenvalue weighted by Gasteiger charge is 2.24. The molecule has 9 heteroatoms. The summed E-state index contributed by atoms with van der Waals surface area (Å²) in [5.74, 6) is 1.01. The van der Waals surface area contributed by atoms with E-state index < -0.39 is 0 Å². The standard InChI is InChI=1S/C20H24N6O3/c1-28-14-4-3-5-15(29-2)16(14)20(27)24-10-11-26-19-18(22-8-9-23-19)17(25-26)13-6-7-21-12-13/h3-5,8-9,13,21H,6-7,10-12H2,1-2H3,(H,24,27). The van der Waals surface area contributed by atoms with Gasteiger partial charge in [0.05, 0.1) is 26.5 Å². The van der Waals surface area contributed by atoms with E-state index in [4.69, 9.17) is 14.6 Å². The van der Waals surface area contributed by atoms with Crippen molar-refractivity contribution in [2.24, 2.45) is 0 Å². The minimum atomic E-state index is -0.262. The van der Waals surface area contributed by atoms with Gasteiger partial charge in [0.25, 0.3) is 5.91 Å². The number of ether oxygens (including phenoxy) is 2. The van der Waals surface area contributed by atoms with Crippen LogP contribution in [0.5, 0.6) is 11.5 Å². The van der Waals surface area contributed by atoms with Crippen molar-refractivity contribution >= 4 is 17.1 Å². The van der Waals surface area contributed by atoms with Crippen LogP contribution in [0, 0.1) is 0 Å². The van der Waals surface area contributed by atoms with Gasteiger partial charge in [0, 0.05) is 31.4 Å². The second-order valence-electron chi connectivity index (χ2n) is 6.82. The second-order valence-corrected chi connectivity index (χ2v) is 6.82. The molecule has 1 fully saturated rings. The fourth-order valence-electron chi connectivity index (χ4n) is 3.68. The Balaban J connectivity index is 1.50. The van der Waals surface area contributed by atoms with Crippen molar-refractivity contribution in [3.05, 3.63) is 41.9 Å². The molecular formula is C20H24N6O3. The smallest absolute Gasteiger partial charge is 0.258 e. The number of hydrogen-bond acceptors (Lipinski definition) is 7. The van der Waals surface area contributed by atoms with Crippen LogP contribution in [0.1, 0.15) is 28.4 Å². The number of fused-ring (bicyclic) bond motifs is 1. The number of rotatable bonds is 7. The monoisotopic (exact) mass is 396 g/mol. The van der Waals surface area contributed by atoms with E-state index in [0.29, 0.717) is 36.1 Å². The minimum absolute atomic E-state index is 0.262. The number of amides is 1. The molecule has 1 amide bonds. The Bertz CT molecular complexity index is 990. The third-order valence-electron chi connectivity index (χ3n) is 5.11. The Hall–Kier alpha value is -3.20. The van der Waals surface area contributed by atoms with Gasteiger partial charge in [-0.05, 0) is 25.1 Å². The number of nitrogens with zero attached hydrogens (tertiary/aromatic N) is 4. The van der Waals surface area contributed by atoms with E-state index in [-0.39, 0.29) is 5.91 Å². The number of carbonyl (C=O) groups excluding carboxylic acids is 1. The first-order valence-corrected chi connectivity index (χ1v) is 9.60. The molecule has 152 valence electrons. The first-order valence-electron chi connectivity index (χ1n) is 9.60. The fourth-order valence-corrected chi connectivity index (χ4v) is 3.68. The molecule has 1 atom stereocenters. The lowest BCUT2D eigenvalue weighted by molar-refractivity contribution is 0.0945. The van der Waals surface area contributed by atoms with E-state index in [9.17, 15) is 4.79 Å². The second kappa shape index (κ2) is 8.44.